The molecule has 1 amide bonds. The minimum absolute atomic E-state index is 0.0767. The van der Waals surface area contributed by atoms with Gasteiger partial charge in [0.1, 0.15) is 5.76 Å². The molecule has 0 bridgehead atoms. The topological polar surface area (TPSA) is 51.5 Å². The van der Waals surface area contributed by atoms with Gasteiger partial charge in [0.05, 0.1) is 11.9 Å². The fourth-order valence-electron chi connectivity index (χ4n) is 4.80. The summed E-state index contributed by atoms with van der Waals surface area (Å²) >= 11 is 0. The average molecular weight is 412 g/mol. The van der Waals surface area contributed by atoms with Crippen molar-refractivity contribution in [3.05, 3.63) is 60.1 Å². The van der Waals surface area contributed by atoms with E-state index in [4.69, 9.17) is 9.15 Å². The molecule has 4 nitrogen and oxygen atoms in total. The van der Waals surface area contributed by atoms with E-state index in [1.807, 2.05) is 12.1 Å². The summed E-state index contributed by atoms with van der Waals surface area (Å²) in [7, 11) is 0. The number of hydrogen-bond donors (Lipinski definition) is 1. The Balaban J connectivity index is 1.59. The van der Waals surface area contributed by atoms with E-state index in [2.05, 4.69) is 63.3 Å². The number of amides is 1. The van der Waals surface area contributed by atoms with Crippen LogP contribution in [0.5, 0.6) is 0 Å². The quantitative estimate of drug-likeness (QED) is 0.558. The van der Waals surface area contributed by atoms with Crippen LogP contribution < -0.4 is 5.32 Å². The molecule has 0 spiro atoms. The largest absolute Gasteiger partial charge is 0.469 e. The number of carbonyl (C=O) groups is 1. The Kier molecular flexibility index (Phi) is 7.76. The molecule has 0 radical (unpaired) electrons. The maximum Gasteiger partial charge on any atom is 0.220 e. The molecule has 3 rings (SSSR count). The van der Waals surface area contributed by atoms with Gasteiger partial charge in [0.25, 0.3) is 0 Å². The van der Waals surface area contributed by atoms with Crippen LogP contribution in [0.4, 0.5) is 0 Å². The molecular weight excluding hydrogens is 374 g/mol. The molecule has 1 aromatic carbocycles. The van der Waals surface area contributed by atoms with Crippen LogP contribution in [-0.2, 0) is 9.53 Å². The smallest absolute Gasteiger partial charge is 0.220 e. The number of nitrogens with one attached hydrogen (secondary N) is 1. The van der Waals surface area contributed by atoms with Gasteiger partial charge in [-0.15, -0.1) is 0 Å². The zero-order valence-electron chi connectivity index (χ0n) is 18.9. The number of benzene rings is 1. The van der Waals surface area contributed by atoms with Crippen molar-refractivity contribution in [1.82, 2.24) is 5.32 Å². The van der Waals surface area contributed by atoms with E-state index in [1.54, 1.807) is 6.26 Å². The van der Waals surface area contributed by atoms with Crippen molar-refractivity contribution in [3.8, 4) is 0 Å². The highest BCUT2D eigenvalue weighted by atomic mass is 16.5. The Morgan fingerprint density at radius 1 is 1.17 bits per heavy atom. The van der Waals surface area contributed by atoms with Crippen molar-refractivity contribution in [3.63, 3.8) is 0 Å². The maximum atomic E-state index is 12.7. The van der Waals surface area contributed by atoms with Crippen molar-refractivity contribution >= 4 is 5.91 Å². The molecule has 2 aromatic rings. The Morgan fingerprint density at radius 3 is 2.57 bits per heavy atom. The van der Waals surface area contributed by atoms with E-state index in [0.29, 0.717) is 30.7 Å². The van der Waals surface area contributed by atoms with Crippen LogP contribution in [0.3, 0.4) is 0 Å². The van der Waals surface area contributed by atoms with Crippen LogP contribution in [0.15, 0.2) is 53.1 Å². The number of rotatable bonds is 9. The van der Waals surface area contributed by atoms with Gasteiger partial charge < -0.3 is 14.5 Å². The van der Waals surface area contributed by atoms with Gasteiger partial charge in [0.15, 0.2) is 0 Å². The van der Waals surface area contributed by atoms with Crippen LogP contribution in [0, 0.1) is 11.8 Å². The summed E-state index contributed by atoms with van der Waals surface area (Å²) in [6, 6.07) is 14.6. The van der Waals surface area contributed by atoms with Crippen molar-refractivity contribution in [2.75, 3.05) is 13.2 Å². The SMILES string of the molecule is CC(C)[C@@H](CC(=O)NCC[C@@H](c1ccccc1)[C@H]1CCOC(C)(C)C1)c1ccco1. The van der Waals surface area contributed by atoms with Gasteiger partial charge in [-0.25, -0.2) is 0 Å². The summed E-state index contributed by atoms with van der Waals surface area (Å²) in [5.74, 6) is 2.46. The monoisotopic (exact) mass is 411 g/mol. The Hall–Kier alpha value is -2.07. The molecule has 1 fully saturated rings. The Bertz CT molecular complexity index is 767. The number of furan rings is 1. The van der Waals surface area contributed by atoms with Gasteiger partial charge in [0.2, 0.25) is 5.91 Å². The lowest BCUT2D eigenvalue weighted by Gasteiger charge is -2.39. The standard InChI is InChI=1S/C26H37NO3/c1-19(2)23(24-11-8-15-29-24)17-25(28)27-14-12-22(20-9-6-5-7-10-20)21-13-16-30-26(3,4)18-21/h5-11,15,19,21-23H,12-14,16-18H2,1-4H3,(H,27,28)/t21-,22-,23+/m0/s1. The first kappa shape index (κ1) is 22.6. The fraction of sp³-hybridized carbons (Fsp3) is 0.577. The van der Waals surface area contributed by atoms with Crippen LogP contribution in [0.1, 0.15) is 76.5 Å². The summed E-state index contributed by atoms with van der Waals surface area (Å²) in [4.78, 5) is 12.7. The predicted octanol–water partition coefficient (Wildman–Crippen LogP) is 5.90. The molecule has 1 saturated heterocycles. The summed E-state index contributed by atoms with van der Waals surface area (Å²) in [5, 5.41) is 3.18. The lowest BCUT2D eigenvalue weighted by molar-refractivity contribution is -0.121. The predicted molar refractivity (Wildman–Crippen MR) is 120 cm³/mol. The first-order chi connectivity index (χ1) is 14.4. The van der Waals surface area contributed by atoms with Gasteiger partial charge in [0, 0.05) is 25.5 Å². The molecule has 30 heavy (non-hydrogen) atoms. The van der Waals surface area contributed by atoms with Crippen molar-refractivity contribution < 1.29 is 13.9 Å². The maximum absolute atomic E-state index is 12.7. The van der Waals surface area contributed by atoms with Gasteiger partial charge in [-0.3, -0.25) is 4.79 Å². The molecule has 1 aliphatic heterocycles. The van der Waals surface area contributed by atoms with E-state index < -0.39 is 0 Å². The summed E-state index contributed by atoms with van der Waals surface area (Å²) in [5.41, 5.74) is 1.29. The molecule has 3 atom stereocenters. The molecule has 2 heterocycles. The highest BCUT2D eigenvalue weighted by Gasteiger charge is 2.34. The molecule has 1 aliphatic rings. The van der Waals surface area contributed by atoms with Gasteiger partial charge >= 0.3 is 0 Å². The van der Waals surface area contributed by atoms with Gasteiger partial charge in [-0.2, -0.15) is 0 Å². The number of hydrogen-bond acceptors (Lipinski definition) is 3. The Labute approximate surface area is 181 Å². The second-order valence-electron chi connectivity index (χ2n) is 9.59. The zero-order chi connectivity index (χ0) is 21.6. The van der Waals surface area contributed by atoms with E-state index in [0.717, 1.165) is 31.6 Å². The fourth-order valence-corrected chi connectivity index (χ4v) is 4.80. The van der Waals surface area contributed by atoms with Crippen molar-refractivity contribution in [1.29, 1.82) is 0 Å². The highest BCUT2D eigenvalue weighted by Crippen LogP contribution is 2.39. The van der Waals surface area contributed by atoms with E-state index in [9.17, 15) is 4.79 Å². The highest BCUT2D eigenvalue weighted by molar-refractivity contribution is 5.76. The summed E-state index contributed by atoms with van der Waals surface area (Å²) in [6.45, 7) is 10.1. The van der Waals surface area contributed by atoms with Crippen LogP contribution in [0.25, 0.3) is 0 Å². The molecule has 164 valence electrons. The molecule has 0 aliphatic carbocycles. The first-order valence-corrected chi connectivity index (χ1v) is 11.3. The second kappa shape index (κ2) is 10.3. The lowest BCUT2D eigenvalue weighted by atomic mass is 9.75. The molecule has 1 aromatic heterocycles. The molecule has 1 N–H and O–H groups in total. The third-order valence-corrected chi connectivity index (χ3v) is 6.43. The number of ether oxygens (including phenoxy) is 1. The third kappa shape index (κ3) is 6.21. The van der Waals surface area contributed by atoms with Crippen molar-refractivity contribution in [2.45, 2.75) is 70.8 Å². The van der Waals surface area contributed by atoms with E-state index in [1.165, 1.54) is 5.56 Å². The third-order valence-electron chi connectivity index (χ3n) is 6.43. The minimum atomic E-state index is -0.0767. The Morgan fingerprint density at radius 2 is 1.93 bits per heavy atom. The van der Waals surface area contributed by atoms with Crippen LogP contribution >= 0.6 is 0 Å². The van der Waals surface area contributed by atoms with Crippen LogP contribution in [0.2, 0.25) is 0 Å². The molecule has 0 saturated carbocycles. The van der Waals surface area contributed by atoms with Gasteiger partial charge in [-0.05, 0) is 68.6 Å². The van der Waals surface area contributed by atoms with Crippen molar-refractivity contribution in [2.24, 2.45) is 11.8 Å². The number of carbonyl (C=O) groups excluding carboxylic acids is 1. The summed E-state index contributed by atoms with van der Waals surface area (Å²) < 4.78 is 11.5. The zero-order valence-corrected chi connectivity index (χ0v) is 18.9. The molecular formula is C26H37NO3. The lowest BCUT2D eigenvalue weighted by Crippen LogP contribution is -2.37. The summed E-state index contributed by atoms with van der Waals surface area (Å²) in [6.07, 6.45) is 5.22. The first-order valence-electron chi connectivity index (χ1n) is 11.3. The average Bonchev–Trinajstić information content (AvgIpc) is 3.23. The second-order valence-corrected chi connectivity index (χ2v) is 9.59. The normalized spacial score (nSPS) is 20.6. The minimum Gasteiger partial charge on any atom is -0.469 e. The van der Waals surface area contributed by atoms with Crippen LogP contribution in [-0.4, -0.2) is 24.7 Å². The van der Waals surface area contributed by atoms with E-state index in [-0.39, 0.29) is 17.4 Å². The molecule has 0 unspecified atom stereocenters. The van der Waals surface area contributed by atoms with E-state index >= 15 is 0 Å². The van der Waals surface area contributed by atoms with Gasteiger partial charge in [-0.1, -0.05) is 44.2 Å². The molecule has 4 heteroatoms.